The Labute approximate surface area is 149 Å². The third-order valence-corrected chi connectivity index (χ3v) is 3.45. The number of carbonyl (C=O) groups is 1. The predicted octanol–water partition coefficient (Wildman–Crippen LogP) is 5.58. The Morgan fingerprint density at radius 3 is 2.38 bits per heavy atom. The van der Waals surface area contributed by atoms with Gasteiger partial charge in [0.2, 0.25) is 5.91 Å². The van der Waals surface area contributed by atoms with Gasteiger partial charge in [-0.1, -0.05) is 72.9 Å². The Hall–Kier alpha value is -1.51. The average molecular weight is 336 g/mol. The summed E-state index contributed by atoms with van der Waals surface area (Å²) < 4.78 is 5.13. The maximum Gasteiger partial charge on any atom is 0.220 e. The third kappa shape index (κ3) is 13.0. The molecule has 138 valence electrons. The summed E-state index contributed by atoms with van der Waals surface area (Å²) in [6.07, 6.45) is 4.68. The minimum Gasteiger partial charge on any atom is -0.497 e. The van der Waals surface area contributed by atoms with E-state index in [1.165, 1.54) is 19.3 Å². The van der Waals surface area contributed by atoms with Crippen molar-refractivity contribution in [3.05, 3.63) is 29.8 Å². The number of methoxy groups -OCH3 is 1. The molecule has 3 heteroatoms. The van der Waals surface area contributed by atoms with Crippen LogP contribution in [-0.4, -0.2) is 13.0 Å². The second-order valence-electron chi connectivity index (χ2n) is 7.90. The van der Waals surface area contributed by atoms with Gasteiger partial charge in [-0.25, -0.2) is 0 Å². The van der Waals surface area contributed by atoms with Crippen molar-refractivity contribution in [2.24, 2.45) is 11.3 Å². The van der Waals surface area contributed by atoms with Crippen LogP contribution >= 0.6 is 0 Å². The van der Waals surface area contributed by atoms with Gasteiger partial charge < -0.3 is 10.1 Å². The Balaban J connectivity index is 0.000000640. The van der Waals surface area contributed by atoms with Crippen molar-refractivity contribution < 1.29 is 9.53 Å². The van der Waals surface area contributed by atoms with Crippen LogP contribution in [-0.2, 0) is 11.3 Å². The van der Waals surface area contributed by atoms with E-state index in [1.807, 2.05) is 24.3 Å². The molecular weight excluding hydrogens is 298 g/mol. The summed E-state index contributed by atoms with van der Waals surface area (Å²) in [4.78, 5) is 11.6. The van der Waals surface area contributed by atoms with Crippen molar-refractivity contribution in [2.45, 2.75) is 73.8 Å². The van der Waals surface area contributed by atoms with E-state index in [0.29, 0.717) is 13.0 Å². The van der Waals surface area contributed by atoms with Gasteiger partial charge in [0.15, 0.2) is 0 Å². The van der Waals surface area contributed by atoms with Gasteiger partial charge in [-0.3, -0.25) is 4.79 Å². The molecule has 0 aromatic heterocycles. The second-order valence-corrected chi connectivity index (χ2v) is 7.90. The number of carbonyl (C=O) groups excluding carboxylic acids is 1. The standard InChI is InChI=1S/C14H21NO2.C7H16/c1-14(2,3)9-13(16)15-10-11-6-5-7-12(8-11)17-4;1-4-5-6-7(2)3/h5-8H,9-10H2,1-4H3,(H,15,16);7H,4-6H2,1-3H3. The summed E-state index contributed by atoms with van der Waals surface area (Å²) in [7, 11) is 1.64. The van der Waals surface area contributed by atoms with Crippen LogP contribution < -0.4 is 10.1 Å². The van der Waals surface area contributed by atoms with E-state index in [2.05, 4.69) is 46.9 Å². The van der Waals surface area contributed by atoms with E-state index < -0.39 is 0 Å². The van der Waals surface area contributed by atoms with Crippen LogP contribution in [0, 0.1) is 11.3 Å². The lowest BCUT2D eigenvalue weighted by molar-refractivity contribution is -0.122. The van der Waals surface area contributed by atoms with E-state index in [4.69, 9.17) is 4.74 Å². The summed E-state index contributed by atoms with van der Waals surface area (Å²) in [6, 6.07) is 7.71. The monoisotopic (exact) mass is 335 g/mol. The molecule has 1 amide bonds. The largest absolute Gasteiger partial charge is 0.497 e. The van der Waals surface area contributed by atoms with Crippen LogP contribution in [0.25, 0.3) is 0 Å². The normalized spacial score (nSPS) is 10.8. The molecule has 0 saturated heterocycles. The molecule has 0 atom stereocenters. The molecule has 0 aliphatic rings. The third-order valence-electron chi connectivity index (χ3n) is 3.45. The molecule has 0 aliphatic carbocycles. The molecule has 1 aromatic carbocycles. The van der Waals surface area contributed by atoms with E-state index in [0.717, 1.165) is 17.2 Å². The van der Waals surface area contributed by atoms with Gasteiger partial charge >= 0.3 is 0 Å². The zero-order valence-corrected chi connectivity index (χ0v) is 16.7. The van der Waals surface area contributed by atoms with Gasteiger partial charge in [-0.15, -0.1) is 0 Å². The fourth-order valence-electron chi connectivity index (χ4n) is 2.14. The summed E-state index contributed by atoms with van der Waals surface area (Å²) in [6.45, 7) is 13.5. The van der Waals surface area contributed by atoms with Crippen molar-refractivity contribution in [3.8, 4) is 5.75 Å². The van der Waals surface area contributed by atoms with Crippen LogP contribution in [0.2, 0.25) is 0 Å². The van der Waals surface area contributed by atoms with Crippen molar-refractivity contribution in [2.75, 3.05) is 7.11 Å². The molecule has 0 radical (unpaired) electrons. The fourth-order valence-corrected chi connectivity index (χ4v) is 2.14. The van der Waals surface area contributed by atoms with E-state index >= 15 is 0 Å². The lowest BCUT2D eigenvalue weighted by atomic mass is 9.92. The Kier molecular flexibility index (Phi) is 11.2. The van der Waals surface area contributed by atoms with Crippen LogP contribution in [0.5, 0.6) is 5.75 Å². The minimum absolute atomic E-state index is 0.0263. The van der Waals surface area contributed by atoms with Crippen molar-refractivity contribution in [1.82, 2.24) is 5.32 Å². The molecule has 1 aromatic rings. The average Bonchev–Trinajstić information content (AvgIpc) is 2.50. The highest BCUT2D eigenvalue weighted by molar-refractivity contribution is 5.76. The zero-order valence-electron chi connectivity index (χ0n) is 16.7. The SMILES string of the molecule is CCCCC(C)C.COc1cccc(CNC(=O)CC(C)(C)C)c1. The lowest BCUT2D eigenvalue weighted by Gasteiger charge is -2.17. The summed E-state index contributed by atoms with van der Waals surface area (Å²) in [5, 5.41) is 2.91. The number of nitrogens with one attached hydrogen (secondary N) is 1. The van der Waals surface area contributed by atoms with Crippen LogP contribution in [0.15, 0.2) is 24.3 Å². The molecule has 0 fully saturated rings. The van der Waals surface area contributed by atoms with E-state index in [1.54, 1.807) is 7.11 Å². The van der Waals surface area contributed by atoms with Crippen molar-refractivity contribution in [1.29, 1.82) is 0 Å². The number of unbranched alkanes of at least 4 members (excludes halogenated alkanes) is 1. The van der Waals surface area contributed by atoms with Gasteiger partial charge in [0.1, 0.15) is 5.75 Å². The number of rotatable bonds is 7. The number of hydrogen-bond donors (Lipinski definition) is 1. The van der Waals surface area contributed by atoms with Crippen molar-refractivity contribution in [3.63, 3.8) is 0 Å². The number of hydrogen-bond acceptors (Lipinski definition) is 2. The first-order valence-corrected chi connectivity index (χ1v) is 9.07. The molecular formula is C21H37NO2. The molecule has 0 aliphatic heterocycles. The first kappa shape index (κ1) is 22.5. The summed E-state index contributed by atoms with van der Waals surface area (Å²) >= 11 is 0. The Morgan fingerprint density at radius 2 is 1.92 bits per heavy atom. The molecule has 0 bridgehead atoms. The topological polar surface area (TPSA) is 38.3 Å². The molecule has 1 rings (SSSR count). The predicted molar refractivity (Wildman–Crippen MR) is 103 cm³/mol. The fraction of sp³-hybridized carbons (Fsp3) is 0.667. The van der Waals surface area contributed by atoms with E-state index in [-0.39, 0.29) is 11.3 Å². The lowest BCUT2D eigenvalue weighted by Crippen LogP contribution is -2.27. The maximum absolute atomic E-state index is 11.6. The van der Waals surface area contributed by atoms with Gasteiger partial charge in [-0.05, 0) is 29.0 Å². The number of amides is 1. The molecule has 0 saturated carbocycles. The first-order chi connectivity index (χ1) is 11.2. The molecule has 0 unspecified atom stereocenters. The van der Waals surface area contributed by atoms with Crippen LogP contribution in [0.1, 0.15) is 72.8 Å². The van der Waals surface area contributed by atoms with Crippen LogP contribution in [0.4, 0.5) is 0 Å². The highest BCUT2D eigenvalue weighted by Crippen LogP contribution is 2.18. The first-order valence-electron chi connectivity index (χ1n) is 9.07. The number of ether oxygens (including phenoxy) is 1. The van der Waals surface area contributed by atoms with Crippen molar-refractivity contribution >= 4 is 5.91 Å². The summed E-state index contributed by atoms with van der Waals surface area (Å²) in [5.41, 5.74) is 1.07. The van der Waals surface area contributed by atoms with Gasteiger partial charge in [0, 0.05) is 13.0 Å². The molecule has 24 heavy (non-hydrogen) atoms. The Morgan fingerprint density at radius 1 is 1.25 bits per heavy atom. The van der Waals surface area contributed by atoms with Gasteiger partial charge in [-0.2, -0.15) is 0 Å². The zero-order chi connectivity index (χ0) is 18.6. The molecule has 0 spiro atoms. The smallest absolute Gasteiger partial charge is 0.220 e. The Bertz CT molecular complexity index is 461. The van der Waals surface area contributed by atoms with Gasteiger partial charge in [0.05, 0.1) is 7.11 Å². The maximum atomic E-state index is 11.6. The highest BCUT2D eigenvalue weighted by atomic mass is 16.5. The highest BCUT2D eigenvalue weighted by Gasteiger charge is 2.15. The van der Waals surface area contributed by atoms with E-state index in [9.17, 15) is 4.79 Å². The second kappa shape index (κ2) is 11.9. The molecule has 0 heterocycles. The number of benzene rings is 1. The summed E-state index contributed by atoms with van der Waals surface area (Å²) in [5.74, 6) is 1.80. The molecule has 3 nitrogen and oxygen atoms in total. The van der Waals surface area contributed by atoms with Crippen LogP contribution in [0.3, 0.4) is 0 Å². The minimum atomic E-state index is 0.0263. The molecule has 1 N–H and O–H groups in total. The quantitative estimate of drug-likeness (QED) is 0.706. The van der Waals surface area contributed by atoms with Gasteiger partial charge in [0.25, 0.3) is 0 Å².